The summed E-state index contributed by atoms with van der Waals surface area (Å²) in [6.07, 6.45) is 9.08. The van der Waals surface area contributed by atoms with Crippen molar-refractivity contribution in [1.82, 2.24) is 0 Å². The summed E-state index contributed by atoms with van der Waals surface area (Å²) in [4.78, 5) is 0. The maximum atomic E-state index is 4.58. The predicted molar refractivity (Wildman–Crippen MR) is 39.2 cm³/mol. The van der Waals surface area contributed by atoms with Crippen molar-refractivity contribution in [3.05, 3.63) is 49.7 Å². The molecule has 2 heterocycles. The van der Waals surface area contributed by atoms with Crippen molar-refractivity contribution in [2.45, 2.75) is 0 Å². The Bertz CT molecular complexity index is 174. The summed E-state index contributed by atoms with van der Waals surface area (Å²) in [6.45, 7) is 0. The first-order valence-electron chi connectivity index (χ1n) is 3.08. The summed E-state index contributed by atoms with van der Waals surface area (Å²) in [7, 11) is 0. The molecule has 58 valence electrons. The number of rotatable bonds is 0. The largest absolute Gasteiger partial charge is 0.473 e. The zero-order valence-corrected chi connectivity index (χ0v) is 5.84. The van der Waals surface area contributed by atoms with Crippen LogP contribution < -0.4 is 0 Å². The van der Waals surface area contributed by atoms with Gasteiger partial charge in [0, 0.05) is 0 Å². The second-order valence-corrected chi connectivity index (χ2v) is 1.61. The van der Waals surface area contributed by atoms with E-state index in [1.165, 1.54) is 25.0 Å². The second-order valence-electron chi connectivity index (χ2n) is 1.61. The molecule has 0 atom stereocenters. The van der Waals surface area contributed by atoms with Crippen LogP contribution in [-0.2, 0) is 9.47 Å². The summed E-state index contributed by atoms with van der Waals surface area (Å²) < 4.78 is 13.8. The molecule has 0 saturated carbocycles. The van der Waals surface area contributed by atoms with Gasteiger partial charge in [0.25, 0.3) is 0 Å². The van der Waals surface area contributed by atoms with Gasteiger partial charge in [-0.05, 0) is 12.1 Å². The Hall–Kier alpha value is -1.64. The monoisotopic (exact) mass is 152 g/mol. The number of hydrogen-bond donors (Lipinski definition) is 0. The molecular weight excluding hydrogens is 144 g/mol. The summed E-state index contributed by atoms with van der Waals surface area (Å²) in [5.41, 5.74) is 0. The molecule has 3 nitrogen and oxygen atoms in total. The van der Waals surface area contributed by atoms with Crippen LogP contribution >= 0.6 is 0 Å². The van der Waals surface area contributed by atoms with Crippen molar-refractivity contribution in [2.75, 3.05) is 0 Å². The standard InChI is InChI=1S/C4H4O2.C4H4O/c1-2-6-4-3-5-1;1-2-4-5-3-1/h1-4H;1-4H. The van der Waals surface area contributed by atoms with E-state index in [1.54, 1.807) is 12.5 Å². The molecule has 1 aromatic heterocycles. The number of hydrogen-bond acceptors (Lipinski definition) is 3. The molecule has 0 radical (unpaired) electrons. The van der Waals surface area contributed by atoms with Gasteiger partial charge in [-0.25, -0.2) is 0 Å². The molecule has 0 aliphatic carbocycles. The van der Waals surface area contributed by atoms with Crippen LogP contribution in [0.3, 0.4) is 0 Å². The van der Waals surface area contributed by atoms with Crippen molar-refractivity contribution >= 4 is 0 Å². The third-order valence-electron chi connectivity index (χ3n) is 0.851. The summed E-state index contributed by atoms with van der Waals surface area (Å²) in [6, 6.07) is 3.67. The van der Waals surface area contributed by atoms with Crippen LogP contribution in [0.4, 0.5) is 0 Å². The van der Waals surface area contributed by atoms with E-state index < -0.39 is 0 Å². The van der Waals surface area contributed by atoms with E-state index in [1.807, 2.05) is 12.1 Å². The van der Waals surface area contributed by atoms with Gasteiger partial charge in [0.05, 0.1) is 12.5 Å². The highest BCUT2D eigenvalue weighted by molar-refractivity contribution is 4.79. The van der Waals surface area contributed by atoms with Gasteiger partial charge in [-0.2, -0.15) is 0 Å². The zero-order chi connectivity index (χ0) is 7.78. The average molecular weight is 152 g/mol. The van der Waals surface area contributed by atoms with Crippen LogP contribution in [0.1, 0.15) is 0 Å². The van der Waals surface area contributed by atoms with Crippen LogP contribution in [0, 0.1) is 0 Å². The molecule has 11 heavy (non-hydrogen) atoms. The minimum Gasteiger partial charge on any atom is -0.473 e. The van der Waals surface area contributed by atoms with E-state index in [0.717, 1.165) is 0 Å². The number of furan rings is 1. The molecule has 2 rings (SSSR count). The maximum absolute atomic E-state index is 4.58. The predicted octanol–water partition coefficient (Wildman–Crippen LogP) is 2.26. The van der Waals surface area contributed by atoms with Gasteiger partial charge in [-0.3, -0.25) is 0 Å². The minimum atomic E-state index is 1.46. The smallest absolute Gasteiger partial charge is 0.125 e. The van der Waals surface area contributed by atoms with E-state index in [2.05, 4.69) is 13.9 Å². The maximum Gasteiger partial charge on any atom is 0.125 e. The fourth-order valence-electron chi connectivity index (χ4n) is 0.446. The van der Waals surface area contributed by atoms with Crippen LogP contribution in [0.15, 0.2) is 54.1 Å². The van der Waals surface area contributed by atoms with Gasteiger partial charge < -0.3 is 13.9 Å². The van der Waals surface area contributed by atoms with Crippen LogP contribution in [-0.4, -0.2) is 0 Å². The van der Waals surface area contributed by atoms with Crippen molar-refractivity contribution in [2.24, 2.45) is 0 Å². The molecule has 0 aromatic carbocycles. The van der Waals surface area contributed by atoms with Crippen molar-refractivity contribution in [3.63, 3.8) is 0 Å². The van der Waals surface area contributed by atoms with E-state index in [0.29, 0.717) is 0 Å². The molecular formula is C8H8O3. The van der Waals surface area contributed by atoms with E-state index in [-0.39, 0.29) is 0 Å². The second kappa shape index (κ2) is 5.17. The van der Waals surface area contributed by atoms with Gasteiger partial charge in [-0.15, -0.1) is 0 Å². The van der Waals surface area contributed by atoms with Crippen molar-refractivity contribution in [1.29, 1.82) is 0 Å². The van der Waals surface area contributed by atoms with Gasteiger partial charge in [0.1, 0.15) is 25.0 Å². The molecule has 3 heteroatoms. The molecule has 0 fully saturated rings. The molecule has 0 unspecified atom stereocenters. The first kappa shape index (κ1) is 7.47. The summed E-state index contributed by atoms with van der Waals surface area (Å²) >= 11 is 0. The minimum absolute atomic E-state index is 1.46. The van der Waals surface area contributed by atoms with Crippen LogP contribution in [0.5, 0.6) is 0 Å². The fourth-order valence-corrected chi connectivity index (χ4v) is 0.446. The highest BCUT2D eigenvalue weighted by Crippen LogP contribution is 1.89. The summed E-state index contributed by atoms with van der Waals surface area (Å²) in [5, 5.41) is 0. The Morgan fingerprint density at radius 2 is 1.09 bits per heavy atom. The lowest BCUT2D eigenvalue weighted by molar-refractivity contribution is 0.290. The lowest BCUT2D eigenvalue weighted by Gasteiger charge is -1.94. The topological polar surface area (TPSA) is 31.6 Å². The molecule has 1 aliphatic heterocycles. The molecule has 1 aromatic rings. The molecule has 0 saturated heterocycles. The van der Waals surface area contributed by atoms with Crippen LogP contribution in [0.2, 0.25) is 0 Å². The van der Waals surface area contributed by atoms with Crippen molar-refractivity contribution in [3.8, 4) is 0 Å². The van der Waals surface area contributed by atoms with E-state index in [4.69, 9.17) is 0 Å². The van der Waals surface area contributed by atoms with Gasteiger partial charge in [0.15, 0.2) is 0 Å². The van der Waals surface area contributed by atoms with Crippen molar-refractivity contribution < 1.29 is 13.9 Å². The lowest BCUT2D eigenvalue weighted by atomic mass is 10.7. The van der Waals surface area contributed by atoms with Crippen LogP contribution in [0.25, 0.3) is 0 Å². The molecule has 0 spiro atoms. The fraction of sp³-hybridized carbons (Fsp3) is 0. The highest BCUT2D eigenvalue weighted by atomic mass is 16.5. The normalized spacial score (nSPS) is 12.4. The van der Waals surface area contributed by atoms with Gasteiger partial charge >= 0.3 is 0 Å². The first-order chi connectivity index (χ1) is 5.50. The molecule has 0 N–H and O–H groups in total. The Morgan fingerprint density at radius 1 is 0.636 bits per heavy atom. The summed E-state index contributed by atoms with van der Waals surface area (Å²) in [5.74, 6) is 0. The third-order valence-corrected chi connectivity index (χ3v) is 0.851. The Morgan fingerprint density at radius 3 is 1.27 bits per heavy atom. The molecule has 0 bridgehead atoms. The lowest BCUT2D eigenvalue weighted by Crippen LogP contribution is -1.74. The Kier molecular flexibility index (Phi) is 3.51. The van der Waals surface area contributed by atoms with E-state index >= 15 is 0 Å². The zero-order valence-electron chi connectivity index (χ0n) is 5.84. The van der Waals surface area contributed by atoms with Gasteiger partial charge in [0.2, 0.25) is 0 Å². The van der Waals surface area contributed by atoms with E-state index in [9.17, 15) is 0 Å². The quantitative estimate of drug-likeness (QED) is 0.571. The Balaban J connectivity index is 0.000000112. The molecule has 0 amide bonds. The number of ether oxygens (including phenoxy) is 2. The first-order valence-corrected chi connectivity index (χ1v) is 3.08. The van der Waals surface area contributed by atoms with Gasteiger partial charge in [-0.1, -0.05) is 0 Å². The molecule has 1 aliphatic rings. The average Bonchev–Trinajstić information content (AvgIpc) is 2.64. The highest BCUT2D eigenvalue weighted by Gasteiger charge is 1.74. The Labute approximate surface area is 64.5 Å². The third kappa shape index (κ3) is 3.86. The SMILES string of the molecule is C1=COC=CO1.c1ccoc1.